The number of carbonyl (C=O) groups is 1. The Hall–Kier alpha value is -3.89. The molecule has 0 aliphatic heterocycles. The molecule has 156 valence electrons. The standard InChI is InChI=1S/C27H20ClN3O/c28-22-15-11-19(12-16-22)17-29-30-27(32)21-13-9-20(10-14-21)18-31-25-7-3-1-5-23(25)24-6-2-4-8-26(24)31/h1-17H,18H2,(H,30,32)/b29-17+. The first-order chi connectivity index (χ1) is 15.7. The highest BCUT2D eigenvalue weighted by atomic mass is 35.5. The average Bonchev–Trinajstić information content (AvgIpc) is 3.15. The summed E-state index contributed by atoms with van der Waals surface area (Å²) in [6.45, 7) is 0.727. The number of hydrazone groups is 1. The van der Waals surface area contributed by atoms with Crippen LogP contribution in [0.15, 0.2) is 102 Å². The minimum absolute atomic E-state index is 0.251. The highest BCUT2D eigenvalue weighted by molar-refractivity contribution is 6.30. The van der Waals surface area contributed by atoms with Gasteiger partial charge in [-0.25, -0.2) is 5.43 Å². The third-order valence-electron chi connectivity index (χ3n) is 5.49. The first-order valence-electron chi connectivity index (χ1n) is 10.3. The summed E-state index contributed by atoms with van der Waals surface area (Å²) in [5.41, 5.74) is 7.51. The van der Waals surface area contributed by atoms with Crippen LogP contribution in [0.5, 0.6) is 0 Å². The largest absolute Gasteiger partial charge is 0.336 e. The number of para-hydroxylation sites is 2. The molecule has 1 amide bonds. The number of hydrogen-bond donors (Lipinski definition) is 1. The summed E-state index contributed by atoms with van der Waals surface area (Å²) in [6.07, 6.45) is 1.59. The lowest BCUT2D eigenvalue weighted by Crippen LogP contribution is -2.17. The molecule has 1 aromatic heterocycles. The quantitative estimate of drug-likeness (QED) is 0.256. The fraction of sp³-hybridized carbons (Fsp3) is 0.0370. The summed E-state index contributed by atoms with van der Waals surface area (Å²) in [5.74, 6) is -0.251. The van der Waals surface area contributed by atoms with Crippen LogP contribution in [0.1, 0.15) is 21.5 Å². The second-order valence-electron chi connectivity index (χ2n) is 7.57. The number of benzene rings is 4. The Kier molecular flexibility index (Phi) is 5.44. The molecular weight excluding hydrogens is 418 g/mol. The Morgan fingerprint density at radius 3 is 2.03 bits per heavy atom. The van der Waals surface area contributed by atoms with Crippen molar-refractivity contribution in [2.45, 2.75) is 6.54 Å². The van der Waals surface area contributed by atoms with Gasteiger partial charge in [0.15, 0.2) is 0 Å². The van der Waals surface area contributed by atoms with Crippen LogP contribution in [-0.2, 0) is 6.54 Å². The molecule has 1 N–H and O–H groups in total. The molecule has 0 atom stereocenters. The summed E-state index contributed by atoms with van der Waals surface area (Å²) < 4.78 is 2.32. The van der Waals surface area contributed by atoms with Crippen LogP contribution < -0.4 is 5.43 Å². The van der Waals surface area contributed by atoms with Gasteiger partial charge in [0.25, 0.3) is 5.91 Å². The Morgan fingerprint density at radius 1 is 0.812 bits per heavy atom. The van der Waals surface area contributed by atoms with E-state index in [0.717, 1.165) is 17.7 Å². The van der Waals surface area contributed by atoms with Crippen LogP contribution >= 0.6 is 11.6 Å². The fourth-order valence-corrected chi connectivity index (χ4v) is 4.02. The minimum Gasteiger partial charge on any atom is -0.336 e. The molecule has 4 aromatic carbocycles. The lowest BCUT2D eigenvalue weighted by Gasteiger charge is -2.08. The van der Waals surface area contributed by atoms with Gasteiger partial charge in [-0.05, 0) is 47.5 Å². The SMILES string of the molecule is O=C(N/N=C/c1ccc(Cl)cc1)c1ccc(Cn2c3ccccc3c3ccccc32)cc1. The maximum Gasteiger partial charge on any atom is 0.271 e. The molecule has 5 heteroatoms. The van der Waals surface area contributed by atoms with Crippen molar-refractivity contribution in [3.8, 4) is 0 Å². The molecule has 0 aliphatic carbocycles. The Balaban J connectivity index is 1.33. The lowest BCUT2D eigenvalue weighted by molar-refractivity contribution is 0.0955. The zero-order valence-corrected chi connectivity index (χ0v) is 18.0. The molecule has 5 aromatic rings. The molecule has 0 radical (unpaired) electrons. The monoisotopic (exact) mass is 437 g/mol. The first-order valence-corrected chi connectivity index (χ1v) is 10.7. The summed E-state index contributed by atoms with van der Waals surface area (Å²) in [7, 11) is 0. The van der Waals surface area contributed by atoms with Crippen LogP contribution in [-0.4, -0.2) is 16.7 Å². The van der Waals surface area contributed by atoms with E-state index < -0.39 is 0 Å². The molecule has 0 unspecified atom stereocenters. The van der Waals surface area contributed by atoms with Crippen molar-refractivity contribution in [3.05, 3.63) is 119 Å². The summed E-state index contributed by atoms with van der Waals surface area (Å²) in [4.78, 5) is 12.4. The van der Waals surface area contributed by atoms with E-state index in [2.05, 4.69) is 63.6 Å². The van der Waals surface area contributed by atoms with Crippen molar-refractivity contribution in [1.29, 1.82) is 0 Å². The molecule has 4 nitrogen and oxygen atoms in total. The topological polar surface area (TPSA) is 46.4 Å². The van der Waals surface area contributed by atoms with E-state index in [-0.39, 0.29) is 5.91 Å². The number of nitrogens with one attached hydrogen (secondary N) is 1. The van der Waals surface area contributed by atoms with Gasteiger partial charge in [-0.1, -0.05) is 72.3 Å². The Morgan fingerprint density at radius 2 is 1.41 bits per heavy atom. The van der Waals surface area contributed by atoms with Gasteiger partial charge in [0.2, 0.25) is 0 Å². The molecular formula is C27H20ClN3O. The van der Waals surface area contributed by atoms with Crippen LogP contribution in [0.4, 0.5) is 0 Å². The molecule has 0 bridgehead atoms. The summed E-state index contributed by atoms with van der Waals surface area (Å²) >= 11 is 5.88. The first kappa shape index (κ1) is 20.0. The molecule has 0 spiro atoms. The van der Waals surface area contributed by atoms with E-state index in [4.69, 9.17) is 11.6 Å². The normalized spacial score (nSPS) is 11.4. The zero-order chi connectivity index (χ0) is 21.9. The minimum atomic E-state index is -0.251. The average molecular weight is 438 g/mol. The van der Waals surface area contributed by atoms with Gasteiger partial charge in [-0.15, -0.1) is 0 Å². The number of amides is 1. The van der Waals surface area contributed by atoms with Gasteiger partial charge in [-0.3, -0.25) is 4.79 Å². The second kappa shape index (κ2) is 8.69. The van der Waals surface area contributed by atoms with Crippen molar-refractivity contribution in [2.75, 3.05) is 0 Å². The van der Waals surface area contributed by atoms with Crippen molar-refractivity contribution in [2.24, 2.45) is 5.10 Å². The number of nitrogens with zero attached hydrogens (tertiary/aromatic N) is 2. The molecule has 0 fully saturated rings. The second-order valence-corrected chi connectivity index (χ2v) is 8.00. The van der Waals surface area contributed by atoms with E-state index in [1.807, 2.05) is 36.4 Å². The van der Waals surface area contributed by atoms with Gasteiger partial charge < -0.3 is 4.57 Å². The van der Waals surface area contributed by atoms with E-state index in [0.29, 0.717) is 10.6 Å². The third kappa shape index (κ3) is 4.01. The summed E-state index contributed by atoms with van der Waals surface area (Å²) in [6, 6.07) is 31.7. The number of fused-ring (bicyclic) bond motifs is 3. The zero-order valence-electron chi connectivity index (χ0n) is 17.2. The molecule has 32 heavy (non-hydrogen) atoms. The van der Waals surface area contributed by atoms with Crippen LogP contribution in [0, 0.1) is 0 Å². The highest BCUT2D eigenvalue weighted by Crippen LogP contribution is 2.29. The number of aromatic nitrogens is 1. The molecule has 0 saturated heterocycles. The number of halogens is 1. The van der Waals surface area contributed by atoms with Gasteiger partial charge in [0.1, 0.15) is 0 Å². The van der Waals surface area contributed by atoms with Crippen LogP contribution in [0.25, 0.3) is 21.8 Å². The molecule has 0 aliphatic rings. The molecule has 1 heterocycles. The van der Waals surface area contributed by atoms with Crippen molar-refractivity contribution < 1.29 is 4.79 Å². The Bertz CT molecular complexity index is 1380. The van der Waals surface area contributed by atoms with Gasteiger partial charge in [0, 0.05) is 38.9 Å². The van der Waals surface area contributed by atoms with Crippen molar-refractivity contribution in [1.82, 2.24) is 9.99 Å². The van der Waals surface area contributed by atoms with Crippen LogP contribution in [0.3, 0.4) is 0 Å². The van der Waals surface area contributed by atoms with E-state index in [9.17, 15) is 4.79 Å². The predicted molar refractivity (Wildman–Crippen MR) is 132 cm³/mol. The van der Waals surface area contributed by atoms with Gasteiger partial charge in [0.05, 0.1) is 6.21 Å². The van der Waals surface area contributed by atoms with E-state index >= 15 is 0 Å². The fourth-order valence-electron chi connectivity index (χ4n) is 3.90. The number of carbonyl (C=O) groups excluding carboxylic acids is 1. The third-order valence-corrected chi connectivity index (χ3v) is 5.74. The smallest absolute Gasteiger partial charge is 0.271 e. The maximum atomic E-state index is 12.4. The lowest BCUT2D eigenvalue weighted by atomic mass is 10.1. The Labute approximate surface area is 190 Å². The maximum absolute atomic E-state index is 12.4. The van der Waals surface area contributed by atoms with E-state index in [1.165, 1.54) is 21.8 Å². The number of hydrogen-bond acceptors (Lipinski definition) is 2. The number of rotatable bonds is 5. The van der Waals surface area contributed by atoms with Crippen molar-refractivity contribution >= 4 is 45.5 Å². The van der Waals surface area contributed by atoms with Gasteiger partial charge >= 0.3 is 0 Å². The molecule has 5 rings (SSSR count). The van der Waals surface area contributed by atoms with Crippen molar-refractivity contribution in [3.63, 3.8) is 0 Å². The van der Waals surface area contributed by atoms with E-state index in [1.54, 1.807) is 18.3 Å². The predicted octanol–water partition coefficient (Wildman–Crippen LogP) is 6.26. The van der Waals surface area contributed by atoms with Crippen LogP contribution in [0.2, 0.25) is 5.02 Å². The van der Waals surface area contributed by atoms with Gasteiger partial charge in [-0.2, -0.15) is 5.10 Å². The highest BCUT2D eigenvalue weighted by Gasteiger charge is 2.10. The summed E-state index contributed by atoms with van der Waals surface area (Å²) in [5, 5.41) is 7.18. The molecule has 0 saturated carbocycles.